The molecule has 106 valence electrons. The molecule has 3 rings (SSSR count). The van der Waals surface area contributed by atoms with Crippen LogP contribution in [0.4, 0.5) is 0 Å². The summed E-state index contributed by atoms with van der Waals surface area (Å²) in [6.07, 6.45) is 2.36. The Morgan fingerprint density at radius 1 is 1.58 bits per heavy atom. The lowest BCUT2D eigenvalue weighted by Gasteiger charge is -2.33. The minimum atomic E-state index is -0.380. The quantitative estimate of drug-likeness (QED) is 0.837. The zero-order valence-corrected chi connectivity index (χ0v) is 11.1. The first kappa shape index (κ1) is 13.0. The molecular weight excluding hydrogens is 248 g/mol. The van der Waals surface area contributed by atoms with Gasteiger partial charge in [0.05, 0.1) is 13.2 Å². The van der Waals surface area contributed by atoms with Crippen LogP contribution < -0.4 is 5.73 Å². The highest BCUT2D eigenvalue weighted by molar-refractivity contribution is 4.99. The Balaban J connectivity index is 1.66. The average molecular weight is 268 g/mol. The van der Waals surface area contributed by atoms with E-state index in [0.717, 1.165) is 19.7 Å². The lowest BCUT2D eigenvalue weighted by atomic mass is 10.2. The molecule has 0 aromatic carbocycles. The maximum Gasteiger partial charge on any atom is 0.246 e. The number of morpholine rings is 1. The highest BCUT2D eigenvalue weighted by Gasteiger charge is 2.35. The van der Waals surface area contributed by atoms with Crippen molar-refractivity contribution in [3.63, 3.8) is 0 Å². The molecule has 0 spiro atoms. The molecule has 0 saturated carbocycles. The summed E-state index contributed by atoms with van der Waals surface area (Å²) < 4.78 is 16.0. The van der Waals surface area contributed by atoms with Crippen molar-refractivity contribution < 1.29 is 14.0 Å². The largest absolute Gasteiger partial charge is 0.383 e. The van der Waals surface area contributed by atoms with E-state index in [1.54, 1.807) is 7.11 Å². The van der Waals surface area contributed by atoms with Gasteiger partial charge < -0.3 is 19.7 Å². The zero-order valence-electron chi connectivity index (χ0n) is 11.1. The van der Waals surface area contributed by atoms with Crippen molar-refractivity contribution in [2.75, 3.05) is 33.4 Å². The van der Waals surface area contributed by atoms with Gasteiger partial charge in [-0.15, -0.1) is 0 Å². The van der Waals surface area contributed by atoms with Gasteiger partial charge in [-0.05, 0) is 19.4 Å². The van der Waals surface area contributed by atoms with Gasteiger partial charge in [-0.25, -0.2) is 0 Å². The Kier molecular flexibility index (Phi) is 3.79. The van der Waals surface area contributed by atoms with Gasteiger partial charge in [0.2, 0.25) is 11.7 Å². The average Bonchev–Trinajstić information content (AvgIpc) is 3.07. The Bertz CT molecular complexity index is 425. The minimum absolute atomic E-state index is 0.110. The molecule has 7 heteroatoms. The monoisotopic (exact) mass is 268 g/mol. The predicted molar refractivity (Wildman–Crippen MR) is 66.4 cm³/mol. The van der Waals surface area contributed by atoms with Crippen LogP contribution >= 0.6 is 0 Å². The van der Waals surface area contributed by atoms with E-state index in [-0.39, 0.29) is 12.1 Å². The summed E-state index contributed by atoms with van der Waals surface area (Å²) in [4.78, 5) is 6.78. The van der Waals surface area contributed by atoms with E-state index in [4.69, 9.17) is 19.7 Å². The maximum atomic E-state index is 5.86. The molecule has 0 bridgehead atoms. The lowest BCUT2D eigenvalue weighted by molar-refractivity contribution is -0.0548. The molecule has 19 heavy (non-hydrogen) atoms. The summed E-state index contributed by atoms with van der Waals surface area (Å²) in [7, 11) is 1.59. The smallest absolute Gasteiger partial charge is 0.246 e. The molecule has 1 aromatic heterocycles. The van der Waals surface area contributed by atoms with E-state index in [1.165, 1.54) is 12.8 Å². The van der Waals surface area contributed by atoms with Gasteiger partial charge in [0, 0.05) is 19.7 Å². The Morgan fingerprint density at radius 3 is 3.32 bits per heavy atom. The molecule has 3 unspecified atom stereocenters. The summed E-state index contributed by atoms with van der Waals surface area (Å²) in [6.45, 7) is 3.08. The number of rotatable bonds is 4. The highest BCUT2D eigenvalue weighted by Crippen LogP contribution is 2.29. The number of fused-ring (bicyclic) bond motifs is 1. The van der Waals surface area contributed by atoms with E-state index >= 15 is 0 Å². The van der Waals surface area contributed by atoms with Gasteiger partial charge in [0.25, 0.3) is 0 Å². The van der Waals surface area contributed by atoms with Crippen LogP contribution in [0.2, 0.25) is 0 Å². The molecule has 0 aliphatic carbocycles. The summed E-state index contributed by atoms with van der Waals surface area (Å²) in [5, 5.41) is 3.98. The fraction of sp³-hybridized carbons (Fsp3) is 0.833. The van der Waals surface area contributed by atoms with Gasteiger partial charge in [-0.3, -0.25) is 4.90 Å². The maximum absolute atomic E-state index is 5.86. The molecule has 2 fully saturated rings. The van der Waals surface area contributed by atoms with Gasteiger partial charge in [-0.1, -0.05) is 5.16 Å². The van der Waals surface area contributed by atoms with Gasteiger partial charge in [0.15, 0.2) is 0 Å². The van der Waals surface area contributed by atoms with Crippen LogP contribution in [-0.4, -0.2) is 54.5 Å². The van der Waals surface area contributed by atoms with Crippen LogP contribution in [0.1, 0.15) is 36.7 Å². The zero-order chi connectivity index (χ0) is 13.2. The fourth-order valence-electron chi connectivity index (χ4n) is 2.75. The number of hydrogen-bond acceptors (Lipinski definition) is 7. The normalized spacial score (nSPS) is 29.4. The summed E-state index contributed by atoms with van der Waals surface area (Å²) in [6, 6.07) is 0.188. The van der Waals surface area contributed by atoms with Crippen LogP contribution in [0.25, 0.3) is 0 Å². The molecule has 2 aliphatic rings. The number of hydrogen-bond donors (Lipinski definition) is 1. The first-order valence-electron chi connectivity index (χ1n) is 6.71. The van der Waals surface area contributed by atoms with Crippen LogP contribution in [-0.2, 0) is 9.47 Å². The number of aromatic nitrogens is 2. The van der Waals surface area contributed by atoms with Crippen LogP contribution in [0, 0.1) is 0 Å². The van der Waals surface area contributed by atoms with Gasteiger partial charge in [-0.2, -0.15) is 4.98 Å². The van der Waals surface area contributed by atoms with E-state index in [0.29, 0.717) is 24.4 Å². The second-order valence-electron chi connectivity index (χ2n) is 5.17. The third kappa shape index (κ3) is 2.64. The first-order chi connectivity index (χ1) is 9.28. The molecule has 2 aliphatic heterocycles. The molecule has 1 aromatic rings. The molecule has 2 saturated heterocycles. The lowest BCUT2D eigenvalue weighted by Crippen LogP contribution is -2.42. The molecule has 0 radical (unpaired) electrons. The molecule has 0 amide bonds. The number of nitrogens with zero attached hydrogens (tertiary/aromatic N) is 3. The van der Waals surface area contributed by atoms with E-state index in [2.05, 4.69) is 15.0 Å². The summed E-state index contributed by atoms with van der Waals surface area (Å²) >= 11 is 0. The summed E-state index contributed by atoms with van der Waals surface area (Å²) in [5.74, 6) is 0.996. The van der Waals surface area contributed by atoms with Crippen molar-refractivity contribution in [1.29, 1.82) is 0 Å². The molecule has 2 N–H and O–H groups in total. The van der Waals surface area contributed by atoms with Crippen LogP contribution in [0.15, 0.2) is 4.52 Å². The Labute approximate surface area is 112 Å². The van der Waals surface area contributed by atoms with Gasteiger partial charge >= 0.3 is 0 Å². The van der Waals surface area contributed by atoms with E-state index in [1.807, 2.05) is 0 Å². The van der Waals surface area contributed by atoms with Crippen molar-refractivity contribution in [2.45, 2.75) is 31.0 Å². The van der Waals surface area contributed by atoms with Crippen molar-refractivity contribution >= 4 is 0 Å². The minimum Gasteiger partial charge on any atom is -0.383 e. The van der Waals surface area contributed by atoms with Crippen LogP contribution in [0.3, 0.4) is 0 Å². The Morgan fingerprint density at radius 2 is 2.47 bits per heavy atom. The number of nitrogens with two attached hydrogens (primary N) is 1. The standard InChI is InChI=1S/C12H20N4O3/c1-17-7-9(13)12-14-11(15-19-12)10-5-16-4-2-3-8(16)6-18-10/h8-10H,2-7,13H2,1H3. The van der Waals surface area contributed by atoms with E-state index in [9.17, 15) is 0 Å². The van der Waals surface area contributed by atoms with Crippen molar-refractivity contribution in [2.24, 2.45) is 5.73 Å². The Hall–Kier alpha value is -1.02. The van der Waals surface area contributed by atoms with E-state index < -0.39 is 0 Å². The third-order valence-electron chi connectivity index (χ3n) is 3.80. The molecular formula is C12H20N4O3. The van der Waals surface area contributed by atoms with Crippen LogP contribution in [0.5, 0.6) is 0 Å². The number of methoxy groups -OCH3 is 1. The van der Waals surface area contributed by atoms with Crippen molar-refractivity contribution in [3.05, 3.63) is 11.7 Å². The molecule has 3 atom stereocenters. The third-order valence-corrected chi connectivity index (χ3v) is 3.80. The molecule has 7 nitrogen and oxygen atoms in total. The van der Waals surface area contributed by atoms with Crippen molar-refractivity contribution in [3.8, 4) is 0 Å². The van der Waals surface area contributed by atoms with Gasteiger partial charge in [0.1, 0.15) is 12.1 Å². The number of ether oxygens (including phenoxy) is 2. The second kappa shape index (κ2) is 5.54. The first-order valence-corrected chi connectivity index (χ1v) is 6.71. The molecule has 3 heterocycles. The highest BCUT2D eigenvalue weighted by atomic mass is 16.5. The summed E-state index contributed by atoms with van der Waals surface area (Å²) in [5.41, 5.74) is 5.86. The van der Waals surface area contributed by atoms with Crippen molar-refractivity contribution in [1.82, 2.24) is 15.0 Å². The fourth-order valence-corrected chi connectivity index (χ4v) is 2.75. The second-order valence-corrected chi connectivity index (χ2v) is 5.17. The SMILES string of the molecule is COCC(N)c1nc(C2CN3CCCC3CO2)no1. The predicted octanol–water partition coefficient (Wildman–Crippen LogP) is 0.252. The topological polar surface area (TPSA) is 86.6 Å².